The summed E-state index contributed by atoms with van der Waals surface area (Å²) in [6, 6.07) is 7.48. The average Bonchev–Trinajstić information content (AvgIpc) is 3.36. The molecular weight excluding hydrogens is 362 g/mol. The Bertz CT molecular complexity index is 709. The molecule has 1 saturated heterocycles. The van der Waals surface area contributed by atoms with Gasteiger partial charge < -0.3 is 15.1 Å². The SMILES string of the molecule is CC(=O)N[C@@H](CC(=O)NC[C@@H](c1ccco1)N1CCCCC1)c1cccs1. The number of likely N-dealkylation sites (tertiary alicyclic amines) is 1. The number of amides is 2. The summed E-state index contributed by atoms with van der Waals surface area (Å²) in [6.45, 7) is 4.02. The predicted molar refractivity (Wildman–Crippen MR) is 105 cm³/mol. The zero-order valence-electron chi connectivity index (χ0n) is 15.6. The van der Waals surface area contributed by atoms with E-state index in [1.165, 1.54) is 26.2 Å². The van der Waals surface area contributed by atoms with Crippen molar-refractivity contribution in [2.45, 2.75) is 44.7 Å². The summed E-state index contributed by atoms with van der Waals surface area (Å²) in [6.07, 6.45) is 5.51. The lowest BCUT2D eigenvalue weighted by Crippen LogP contribution is -2.41. The zero-order chi connectivity index (χ0) is 19.1. The van der Waals surface area contributed by atoms with E-state index in [4.69, 9.17) is 4.42 Å². The first-order chi connectivity index (χ1) is 13.1. The van der Waals surface area contributed by atoms with Gasteiger partial charge in [0.25, 0.3) is 0 Å². The molecule has 6 nitrogen and oxygen atoms in total. The monoisotopic (exact) mass is 389 g/mol. The average molecular weight is 390 g/mol. The smallest absolute Gasteiger partial charge is 0.222 e. The van der Waals surface area contributed by atoms with Crippen molar-refractivity contribution < 1.29 is 14.0 Å². The van der Waals surface area contributed by atoms with Gasteiger partial charge in [-0.2, -0.15) is 0 Å². The number of thiophene rings is 1. The Labute approximate surface area is 163 Å². The molecule has 1 aliphatic rings. The molecule has 1 aliphatic heterocycles. The molecule has 3 heterocycles. The molecule has 27 heavy (non-hydrogen) atoms. The molecule has 0 bridgehead atoms. The molecule has 2 atom stereocenters. The van der Waals surface area contributed by atoms with E-state index in [9.17, 15) is 9.59 Å². The number of carbonyl (C=O) groups excluding carboxylic acids is 2. The second kappa shape index (κ2) is 9.71. The second-order valence-corrected chi connectivity index (χ2v) is 7.88. The lowest BCUT2D eigenvalue weighted by molar-refractivity contribution is -0.123. The summed E-state index contributed by atoms with van der Waals surface area (Å²) in [7, 11) is 0. The van der Waals surface area contributed by atoms with Gasteiger partial charge in [-0.1, -0.05) is 12.5 Å². The number of piperidine rings is 1. The molecule has 2 N–H and O–H groups in total. The van der Waals surface area contributed by atoms with Crippen LogP contribution in [0.1, 0.15) is 55.3 Å². The number of nitrogens with zero attached hydrogens (tertiary/aromatic N) is 1. The van der Waals surface area contributed by atoms with Crippen LogP contribution in [0, 0.1) is 0 Å². The lowest BCUT2D eigenvalue weighted by atomic mass is 10.1. The van der Waals surface area contributed by atoms with Crippen molar-refractivity contribution in [2.24, 2.45) is 0 Å². The fourth-order valence-electron chi connectivity index (χ4n) is 3.55. The highest BCUT2D eigenvalue weighted by molar-refractivity contribution is 7.10. The Balaban J connectivity index is 1.60. The van der Waals surface area contributed by atoms with Crippen molar-refractivity contribution >= 4 is 23.2 Å². The number of nitrogens with one attached hydrogen (secondary N) is 2. The number of hydrogen-bond acceptors (Lipinski definition) is 5. The molecule has 0 saturated carbocycles. The highest BCUT2D eigenvalue weighted by Gasteiger charge is 2.25. The third-order valence-corrected chi connectivity index (χ3v) is 5.84. The largest absolute Gasteiger partial charge is 0.468 e. The maximum absolute atomic E-state index is 12.6. The molecule has 146 valence electrons. The van der Waals surface area contributed by atoms with E-state index >= 15 is 0 Å². The van der Waals surface area contributed by atoms with E-state index < -0.39 is 0 Å². The number of carbonyl (C=O) groups is 2. The molecule has 0 unspecified atom stereocenters. The van der Waals surface area contributed by atoms with Crippen LogP contribution in [0.4, 0.5) is 0 Å². The van der Waals surface area contributed by atoms with Gasteiger partial charge in [-0.25, -0.2) is 0 Å². The van der Waals surface area contributed by atoms with Crippen LogP contribution in [0.15, 0.2) is 40.3 Å². The fourth-order valence-corrected chi connectivity index (χ4v) is 4.32. The minimum atomic E-state index is -0.292. The van der Waals surface area contributed by atoms with E-state index in [1.54, 1.807) is 17.6 Å². The molecule has 0 radical (unpaired) electrons. The maximum atomic E-state index is 12.6. The highest BCUT2D eigenvalue weighted by Crippen LogP contribution is 2.25. The van der Waals surface area contributed by atoms with Gasteiger partial charge in [0.1, 0.15) is 5.76 Å². The Kier molecular flexibility index (Phi) is 7.06. The Morgan fingerprint density at radius 1 is 1.22 bits per heavy atom. The van der Waals surface area contributed by atoms with Gasteiger partial charge in [-0.15, -0.1) is 11.3 Å². The van der Waals surface area contributed by atoms with Gasteiger partial charge in [0.2, 0.25) is 11.8 Å². The molecule has 7 heteroatoms. The molecule has 2 aromatic rings. The van der Waals surface area contributed by atoms with Gasteiger partial charge in [0.05, 0.1) is 24.8 Å². The zero-order valence-corrected chi connectivity index (χ0v) is 16.5. The van der Waals surface area contributed by atoms with E-state index in [-0.39, 0.29) is 30.3 Å². The van der Waals surface area contributed by atoms with Crippen molar-refractivity contribution in [3.05, 3.63) is 46.5 Å². The van der Waals surface area contributed by atoms with Crippen molar-refractivity contribution in [2.75, 3.05) is 19.6 Å². The molecule has 0 spiro atoms. The number of hydrogen-bond donors (Lipinski definition) is 2. The van der Waals surface area contributed by atoms with E-state index in [1.807, 2.05) is 29.6 Å². The molecule has 0 aliphatic carbocycles. The molecule has 2 amide bonds. The summed E-state index contributed by atoms with van der Waals surface area (Å²) >= 11 is 1.54. The van der Waals surface area contributed by atoms with Crippen LogP contribution in [0.25, 0.3) is 0 Å². The summed E-state index contributed by atoms with van der Waals surface area (Å²) in [4.78, 5) is 27.4. The van der Waals surface area contributed by atoms with Crippen LogP contribution in [-0.2, 0) is 9.59 Å². The fraction of sp³-hybridized carbons (Fsp3) is 0.500. The van der Waals surface area contributed by atoms with Crippen LogP contribution in [0.2, 0.25) is 0 Å². The van der Waals surface area contributed by atoms with Crippen LogP contribution >= 0.6 is 11.3 Å². The summed E-state index contributed by atoms with van der Waals surface area (Å²) in [5.41, 5.74) is 0. The van der Waals surface area contributed by atoms with Crippen LogP contribution < -0.4 is 10.6 Å². The minimum absolute atomic E-state index is 0.0465. The van der Waals surface area contributed by atoms with Gasteiger partial charge in [0.15, 0.2) is 0 Å². The third-order valence-electron chi connectivity index (χ3n) is 4.85. The summed E-state index contributed by atoms with van der Waals surface area (Å²) in [5, 5.41) is 7.87. The third kappa shape index (κ3) is 5.68. The van der Waals surface area contributed by atoms with Crippen molar-refractivity contribution in [3.63, 3.8) is 0 Å². The van der Waals surface area contributed by atoms with Gasteiger partial charge in [-0.3, -0.25) is 14.5 Å². The molecular formula is C20H27N3O3S. The molecule has 0 aromatic carbocycles. The van der Waals surface area contributed by atoms with E-state index in [0.717, 1.165) is 23.7 Å². The highest BCUT2D eigenvalue weighted by atomic mass is 32.1. The predicted octanol–water partition coefficient (Wildman–Crippen LogP) is 3.25. The van der Waals surface area contributed by atoms with Gasteiger partial charge in [-0.05, 0) is 49.5 Å². The first-order valence-electron chi connectivity index (χ1n) is 9.48. The first kappa shape index (κ1) is 19.6. The van der Waals surface area contributed by atoms with Crippen molar-refractivity contribution in [1.82, 2.24) is 15.5 Å². The van der Waals surface area contributed by atoms with Crippen molar-refractivity contribution in [1.29, 1.82) is 0 Å². The van der Waals surface area contributed by atoms with Gasteiger partial charge >= 0.3 is 0 Å². The van der Waals surface area contributed by atoms with Crippen LogP contribution in [0.5, 0.6) is 0 Å². The summed E-state index contributed by atoms with van der Waals surface area (Å²) < 4.78 is 5.63. The quantitative estimate of drug-likeness (QED) is 0.727. The van der Waals surface area contributed by atoms with E-state index in [0.29, 0.717) is 6.54 Å². The van der Waals surface area contributed by atoms with Crippen LogP contribution in [-0.4, -0.2) is 36.3 Å². The first-order valence-corrected chi connectivity index (χ1v) is 10.4. The minimum Gasteiger partial charge on any atom is -0.468 e. The Morgan fingerprint density at radius 2 is 2.04 bits per heavy atom. The topological polar surface area (TPSA) is 74.6 Å². The van der Waals surface area contributed by atoms with Gasteiger partial charge in [0, 0.05) is 18.3 Å². The van der Waals surface area contributed by atoms with Crippen molar-refractivity contribution in [3.8, 4) is 0 Å². The van der Waals surface area contributed by atoms with Crippen LogP contribution in [0.3, 0.4) is 0 Å². The van der Waals surface area contributed by atoms with E-state index in [2.05, 4.69) is 15.5 Å². The standard InChI is InChI=1S/C20H27N3O3S/c1-15(24)22-16(19-8-6-12-27-19)13-20(25)21-14-17(18-7-5-11-26-18)23-9-3-2-4-10-23/h5-8,11-12,16-17H,2-4,9-10,13-14H2,1H3,(H,21,25)(H,22,24)/t16-,17-/m0/s1. The molecule has 2 aromatic heterocycles. The molecule has 1 fully saturated rings. The lowest BCUT2D eigenvalue weighted by Gasteiger charge is -2.33. The number of rotatable bonds is 8. The molecule has 3 rings (SSSR count). The Morgan fingerprint density at radius 3 is 2.67 bits per heavy atom. The normalized spacial score (nSPS) is 17.2. The Hall–Kier alpha value is -2.12. The number of furan rings is 1. The maximum Gasteiger partial charge on any atom is 0.222 e. The second-order valence-electron chi connectivity index (χ2n) is 6.90. The summed E-state index contributed by atoms with van der Waals surface area (Å²) in [5.74, 6) is 0.674.